The van der Waals surface area contributed by atoms with E-state index in [9.17, 15) is 4.79 Å². The lowest BCUT2D eigenvalue weighted by molar-refractivity contribution is -0.123. The van der Waals surface area contributed by atoms with Crippen LogP contribution in [0.5, 0.6) is 0 Å². The minimum Gasteiger partial charge on any atom is -0.358 e. The lowest BCUT2D eigenvalue weighted by Gasteiger charge is -2.23. The van der Waals surface area contributed by atoms with Gasteiger partial charge in [0.15, 0.2) is 0 Å². The summed E-state index contributed by atoms with van der Waals surface area (Å²) in [7, 11) is 1.66. The molecule has 2 N–H and O–H groups in total. The monoisotopic (exact) mass is 250 g/mol. The summed E-state index contributed by atoms with van der Waals surface area (Å²) < 4.78 is 0. The van der Waals surface area contributed by atoms with Crippen LogP contribution in [0.3, 0.4) is 0 Å². The molecule has 18 heavy (non-hydrogen) atoms. The first-order valence-corrected chi connectivity index (χ1v) is 6.28. The fourth-order valence-electron chi connectivity index (χ4n) is 1.82. The topological polar surface area (TPSA) is 66.9 Å². The van der Waals surface area contributed by atoms with Gasteiger partial charge in [0, 0.05) is 31.7 Å². The summed E-state index contributed by atoms with van der Waals surface area (Å²) in [6, 6.07) is -0.202. The van der Waals surface area contributed by atoms with Crippen LogP contribution in [-0.2, 0) is 4.79 Å². The number of amides is 1. The summed E-state index contributed by atoms with van der Waals surface area (Å²) >= 11 is 0. The Morgan fingerprint density at radius 2 is 2.06 bits per heavy atom. The standard InChI is InChI=1S/C13H22N4O/c1-9(2)7-11(13(18)14-4)17-10(3)12-8-15-5-6-16-12/h5-6,8-11,17H,7H2,1-4H3,(H,14,18). The van der Waals surface area contributed by atoms with Crippen LogP contribution in [0, 0.1) is 5.92 Å². The molecule has 2 unspecified atom stereocenters. The number of likely N-dealkylation sites (N-methyl/N-ethyl adjacent to an activating group) is 1. The van der Waals surface area contributed by atoms with Crippen molar-refractivity contribution in [2.75, 3.05) is 7.05 Å². The quantitative estimate of drug-likeness (QED) is 0.798. The van der Waals surface area contributed by atoms with Gasteiger partial charge in [-0.15, -0.1) is 0 Å². The molecule has 0 aliphatic heterocycles. The van der Waals surface area contributed by atoms with Crippen molar-refractivity contribution in [1.82, 2.24) is 20.6 Å². The Morgan fingerprint density at radius 3 is 2.56 bits per heavy atom. The molecule has 0 fully saturated rings. The second kappa shape index (κ2) is 7.06. The highest BCUT2D eigenvalue weighted by molar-refractivity contribution is 5.81. The first kappa shape index (κ1) is 14.6. The number of hydrogen-bond donors (Lipinski definition) is 2. The molecule has 1 aromatic heterocycles. The highest BCUT2D eigenvalue weighted by Gasteiger charge is 2.21. The summed E-state index contributed by atoms with van der Waals surface area (Å²) in [5.74, 6) is 0.466. The maximum Gasteiger partial charge on any atom is 0.236 e. The Hall–Kier alpha value is -1.49. The van der Waals surface area contributed by atoms with Gasteiger partial charge in [0.2, 0.25) is 5.91 Å². The first-order chi connectivity index (χ1) is 8.54. The zero-order valence-electron chi connectivity index (χ0n) is 11.5. The number of carbonyl (C=O) groups is 1. The number of nitrogens with one attached hydrogen (secondary N) is 2. The maximum atomic E-state index is 11.8. The average Bonchev–Trinajstić information content (AvgIpc) is 2.37. The third kappa shape index (κ3) is 4.41. The largest absolute Gasteiger partial charge is 0.358 e. The maximum absolute atomic E-state index is 11.8. The van der Waals surface area contributed by atoms with Gasteiger partial charge in [-0.2, -0.15) is 0 Å². The van der Waals surface area contributed by atoms with E-state index in [2.05, 4.69) is 34.4 Å². The highest BCUT2D eigenvalue weighted by Crippen LogP contribution is 2.12. The van der Waals surface area contributed by atoms with Crippen molar-refractivity contribution >= 4 is 5.91 Å². The van der Waals surface area contributed by atoms with E-state index in [0.717, 1.165) is 12.1 Å². The lowest BCUT2D eigenvalue weighted by Crippen LogP contribution is -2.44. The van der Waals surface area contributed by atoms with E-state index in [1.165, 1.54) is 0 Å². The van der Waals surface area contributed by atoms with E-state index in [-0.39, 0.29) is 18.0 Å². The van der Waals surface area contributed by atoms with Crippen molar-refractivity contribution in [3.05, 3.63) is 24.3 Å². The number of nitrogens with zero attached hydrogens (tertiary/aromatic N) is 2. The van der Waals surface area contributed by atoms with Gasteiger partial charge in [-0.1, -0.05) is 13.8 Å². The molecule has 100 valence electrons. The fraction of sp³-hybridized carbons (Fsp3) is 0.615. The number of rotatable bonds is 6. The molecule has 0 aliphatic carbocycles. The second-order valence-corrected chi connectivity index (χ2v) is 4.82. The van der Waals surface area contributed by atoms with Gasteiger partial charge in [-0.3, -0.25) is 20.1 Å². The van der Waals surface area contributed by atoms with Crippen molar-refractivity contribution in [3.63, 3.8) is 0 Å². The molecule has 0 saturated heterocycles. The van der Waals surface area contributed by atoms with Crippen molar-refractivity contribution in [1.29, 1.82) is 0 Å². The summed E-state index contributed by atoms with van der Waals surface area (Å²) in [5, 5.41) is 5.99. The predicted octanol–water partition coefficient (Wildman–Crippen LogP) is 1.29. The fourth-order valence-corrected chi connectivity index (χ4v) is 1.82. The summed E-state index contributed by atoms with van der Waals surface area (Å²) in [5.41, 5.74) is 0.843. The molecule has 0 aliphatic rings. The first-order valence-electron chi connectivity index (χ1n) is 6.28. The molecule has 5 heteroatoms. The van der Waals surface area contributed by atoms with Gasteiger partial charge in [0.05, 0.1) is 11.7 Å². The molecule has 0 saturated carbocycles. The Bertz CT molecular complexity index is 367. The van der Waals surface area contributed by atoms with Crippen molar-refractivity contribution < 1.29 is 4.79 Å². The van der Waals surface area contributed by atoms with Crippen LogP contribution in [0.4, 0.5) is 0 Å². The van der Waals surface area contributed by atoms with E-state index < -0.39 is 0 Å². The van der Waals surface area contributed by atoms with Crippen LogP contribution in [0.2, 0.25) is 0 Å². The molecular weight excluding hydrogens is 228 g/mol. The molecule has 0 bridgehead atoms. The van der Waals surface area contributed by atoms with E-state index in [1.807, 2.05) is 6.92 Å². The average molecular weight is 250 g/mol. The molecule has 5 nitrogen and oxygen atoms in total. The predicted molar refractivity (Wildman–Crippen MR) is 70.9 cm³/mol. The number of aromatic nitrogens is 2. The van der Waals surface area contributed by atoms with Gasteiger partial charge >= 0.3 is 0 Å². The van der Waals surface area contributed by atoms with E-state index >= 15 is 0 Å². The molecule has 1 amide bonds. The zero-order chi connectivity index (χ0) is 13.5. The molecule has 1 aromatic rings. The third-order valence-electron chi connectivity index (χ3n) is 2.75. The summed E-state index contributed by atoms with van der Waals surface area (Å²) in [6.45, 7) is 6.19. The van der Waals surface area contributed by atoms with Crippen LogP contribution in [0.15, 0.2) is 18.6 Å². The van der Waals surface area contributed by atoms with Gasteiger partial charge in [-0.05, 0) is 19.3 Å². The normalized spacial score (nSPS) is 14.3. The van der Waals surface area contributed by atoms with Crippen LogP contribution >= 0.6 is 0 Å². The van der Waals surface area contributed by atoms with Crippen molar-refractivity contribution in [2.45, 2.75) is 39.3 Å². The summed E-state index contributed by atoms with van der Waals surface area (Å²) in [6.07, 6.45) is 5.81. The van der Waals surface area contributed by atoms with E-state index in [1.54, 1.807) is 25.6 Å². The van der Waals surface area contributed by atoms with Gasteiger partial charge in [-0.25, -0.2) is 0 Å². The Morgan fingerprint density at radius 1 is 1.33 bits per heavy atom. The second-order valence-electron chi connectivity index (χ2n) is 4.82. The smallest absolute Gasteiger partial charge is 0.236 e. The number of hydrogen-bond acceptors (Lipinski definition) is 4. The molecule has 2 atom stereocenters. The van der Waals surface area contributed by atoms with Gasteiger partial charge < -0.3 is 5.32 Å². The van der Waals surface area contributed by atoms with E-state index in [0.29, 0.717) is 5.92 Å². The molecule has 0 spiro atoms. The molecular formula is C13H22N4O. The summed E-state index contributed by atoms with van der Waals surface area (Å²) in [4.78, 5) is 20.1. The van der Waals surface area contributed by atoms with E-state index in [4.69, 9.17) is 0 Å². The van der Waals surface area contributed by atoms with Crippen LogP contribution in [0.25, 0.3) is 0 Å². The van der Waals surface area contributed by atoms with Crippen molar-refractivity contribution in [3.8, 4) is 0 Å². The minimum atomic E-state index is -0.202. The van der Waals surface area contributed by atoms with Crippen LogP contribution in [0.1, 0.15) is 38.9 Å². The van der Waals surface area contributed by atoms with Gasteiger partial charge in [0.1, 0.15) is 0 Å². The van der Waals surface area contributed by atoms with Crippen LogP contribution < -0.4 is 10.6 Å². The van der Waals surface area contributed by atoms with Crippen molar-refractivity contribution in [2.24, 2.45) is 5.92 Å². The van der Waals surface area contributed by atoms with Crippen LogP contribution in [-0.4, -0.2) is 29.0 Å². The SMILES string of the molecule is CNC(=O)C(CC(C)C)NC(C)c1cnccn1. The Labute approximate surface area is 108 Å². The highest BCUT2D eigenvalue weighted by atomic mass is 16.2. The Balaban J connectivity index is 2.68. The zero-order valence-corrected chi connectivity index (χ0v) is 11.5. The lowest BCUT2D eigenvalue weighted by atomic mass is 10.0. The molecule has 0 aromatic carbocycles. The molecule has 0 radical (unpaired) electrons. The third-order valence-corrected chi connectivity index (χ3v) is 2.75. The molecule has 1 heterocycles. The van der Waals surface area contributed by atoms with Gasteiger partial charge in [0.25, 0.3) is 0 Å². The number of carbonyl (C=O) groups excluding carboxylic acids is 1. The minimum absolute atomic E-state index is 0.000231. The molecule has 1 rings (SSSR count). The Kier molecular flexibility index (Phi) is 5.71.